The van der Waals surface area contributed by atoms with Gasteiger partial charge in [0.15, 0.2) is 0 Å². The standard InChI is InChI=1S/C13H27NO/c1-4-13(15,5-2)11-14(6-3)10-12-8-7-9-12/h12,15H,4-11H2,1-3H3. The summed E-state index contributed by atoms with van der Waals surface area (Å²) in [6.07, 6.45) is 5.93. The SMILES string of the molecule is CCN(CC1CCC1)CC(O)(CC)CC. The molecule has 0 amide bonds. The summed E-state index contributed by atoms with van der Waals surface area (Å²) in [7, 11) is 0. The molecule has 0 heterocycles. The van der Waals surface area contributed by atoms with E-state index in [-0.39, 0.29) is 0 Å². The van der Waals surface area contributed by atoms with E-state index in [1.165, 1.54) is 25.8 Å². The van der Waals surface area contributed by atoms with Crippen molar-refractivity contribution in [2.75, 3.05) is 19.6 Å². The maximum Gasteiger partial charge on any atom is 0.0768 e. The van der Waals surface area contributed by atoms with Gasteiger partial charge in [0.25, 0.3) is 0 Å². The molecular formula is C13H27NO. The Morgan fingerprint density at radius 2 is 1.80 bits per heavy atom. The summed E-state index contributed by atoms with van der Waals surface area (Å²) < 4.78 is 0. The van der Waals surface area contributed by atoms with Crippen molar-refractivity contribution in [3.05, 3.63) is 0 Å². The maximum absolute atomic E-state index is 10.3. The highest BCUT2D eigenvalue weighted by molar-refractivity contribution is 4.81. The van der Waals surface area contributed by atoms with Crippen molar-refractivity contribution in [3.8, 4) is 0 Å². The fourth-order valence-electron chi connectivity index (χ4n) is 2.24. The minimum absolute atomic E-state index is 0.459. The molecule has 0 unspecified atom stereocenters. The van der Waals surface area contributed by atoms with Crippen LogP contribution in [0.2, 0.25) is 0 Å². The van der Waals surface area contributed by atoms with Gasteiger partial charge in [0.1, 0.15) is 0 Å². The minimum atomic E-state index is -0.459. The summed E-state index contributed by atoms with van der Waals surface area (Å²) in [5.41, 5.74) is -0.459. The molecule has 0 aromatic carbocycles. The van der Waals surface area contributed by atoms with Gasteiger partial charge < -0.3 is 10.0 Å². The molecule has 0 aromatic heterocycles. The summed E-state index contributed by atoms with van der Waals surface area (Å²) in [6.45, 7) is 9.48. The van der Waals surface area contributed by atoms with E-state index in [0.717, 1.165) is 31.8 Å². The van der Waals surface area contributed by atoms with Gasteiger partial charge in [0, 0.05) is 13.1 Å². The van der Waals surface area contributed by atoms with Gasteiger partial charge in [-0.25, -0.2) is 0 Å². The second kappa shape index (κ2) is 5.86. The summed E-state index contributed by atoms with van der Waals surface area (Å²) in [5, 5.41) is 10.3. The third kappa shape index (κ3) is 3.76. The molecule has 15 heavy (non-hydrogen) atoms. The molecule has 1 aliphatic carbocycles. The highest BCUT2D eigenvalue weighted by Gasteiger charge is 2.27. The Morgan fingerprint density at radius 3 is 2.13 bits per heavy atom. The van der Waals surface area contributed by atoms with Crippen LogP contribution in [0.1, 0.15) is 52.9 Å². The lowest BCUT2D eigenvalue weighted by molar-refractivity contribution is -0.00875. The first-order valence-corrected chi connectivity index (χ1v) is 6.58. The van der Waals surface area contributed by atoms with Crippen LogP contribution in [0.5, 0.6) is 0 Å². The molecule has 90 valence electrons. The van der Waals surface area contributed by atoms with Gasteiger partial charge in [0.2, 0.25) is 0 Å². The predicted molar refractivity (Wildman–Crippen MR) is 65.0 cm³/mol. The first-order valence-electron chi connectivity index (χ1n) is 6.58. The molecule has 0 aromatic rings. The van der Waals surface area contributed by atoms with E-state index in [4.69, 9.17) is 0 Å². The highest BCUT2D eigenvalue weighted by Crippen LogP contribution is 2.28. The fraction of sp³-hybridized carbons (Fsp3) is 1.00. The quantitative estimate of drug-likeness (QED) is 0.703. The molecule has 1 N–H and O–H groups in total. The number of rotatable bonds is 7. The zero-order valence-electron chi connectivity index (χ0n) is 10.6. The van der Waals surface area contributed by atoms with Gasteiger partial charge in [-0.15, -0.1) is 0 Å². The Hall–Kier alpha value is -0.0800. The second-order valence-electron chi connectivity index (χ2n) is 5.06. The first-order chi connectivity index (χ1) is 7.13. The predicted octanol–water partition coefficient (Wildman–Crippen LogP) is 2.66. The third-order valence-electron chi connectivity index (χ3n) is 4.02. The molecule has 1 fully saturated rings. The van der Waals surface area contributed by atoms with Gasteiger partial charge in [-0.2, -0.15) is 0 Å². The monoisotopic (exact) mass is 213 g/mol. The Bertz CT molecular complexity index is 173. The van der Waals surface area contributed by atoms with Crippen molar-refractivity contribution >= 4 is 0 Å². The lowest BCUT2D eigenvalue weighted by Gasteiger charge is -2.36. The largest absolute Gasteiger partial charge is 0.389 e. The van der Waals surface area contributed by atoms with E-state index in [0.29, 0.717) is 0 Å². The van der Waals surface area contributed by atoms with Gasteiger partial charge in [-0.1, -0.05) is 27.2 Å². The van der Waals surface area contributed by atoms with E-state index in [1.807, 2.05) is 0 Å². The maximum atomic E-state index is 10.3. The van der Waals surface area contributed by atoms with Crippen LogP contribution < -0.4 is 0 Å². The highest BCUT2D eigenvalue weighted by atomic mass is 16.3. The molecule has 0 saturated heterocycles. The molecule has 2 heteroatoms. The first kappa shape index (κ1) is 13.0. The Kier molecular flexibility index (Phi) is 5.07. The number of hydrogen-bond donors (Lipinski definition) is 1. The summed E-state index contributed by atoms with van der Waals surface area (Å²) in [6, 6.07) is 0. The van der Waals surface area contributed by atoms with E-state index in [2.05, 4.69) is 25.7 Å². The van der Waals surface area contributed by atoms with Crippen LogP contribution in [-0.2, 0) is 0 Å². The second-order valence-corrected chi connectivity index (χ2v) is 5.06. The van der Waals surface area contributed by atoms with Crippen molar-refractivity contribution in [2.24, 2.45) is 5.92 Å². The zero-order valence-corrected chi connectivity index (χ0v) is 10.6. The molecule has 0 spiro atoms. The van der Waals surface area contributed by atoms with Crippen molar-refractivity contribution in [1.29, 1.82) is 0 Å². The van der Waals surface area contributed by atoms with Gasteiger partial charge >= 0.3 is 0 Å². The van der Waals surface area contributed by atoms with Crippen LogP contribution in [0.4, 0.5) is 0 Å². The van der Waals surface area contributed by atoms with E-state index in [9.17, 15) is 5.11 Å². The van der Waals surface area contributed by atoms with Crippen molar-refractivity contribution in [3.63, 3.8) is 0 Å². The summed E-state index contributed by atoms with van der Waals surface area (Å²) in [4.78, 5) is 2.43. The topological polar surface area (TPSA) is 23.5 Å². The van der Waals surface area contributed by atoms with Crippen LogP contribution in [0.25, 0.3) is 0 Å². The van der Waals surface area contributed by atoms with Gasteiger partial charge in [0.05, 0.1) is 5.60 Å². The van der Waals surface area contributed by atoms with Crippen LogP contribution in [0, 0.1) is 5.92 Å². The average molecular weight is 213 g/mol. The number of hydrogen-bond acceptors (Lipinski definition) is 2. The fourth-order valence-corrected chi connectivity index (χ4v) is 2.24. The molecule has 0 radical (unpaired) electrons. The minimum Gasteiger partial charge on any atom is -0.389 e. The van der Waals surface area contributed by atoms with E-state index >= 15 is 0 Å². The molecular weight excluding hydrogens is 186 g/mol. The smallest absolute Gasteiger partial charge is 0.0768 e. The summed E-state index contributed by atoms with van der Waals surface area (Å²) >= 11 is 0. The third-order valence-corrected chi connectivity index (χ3v) is 4.02. The number of aliphatic hydroxyl groups is 1. The average Bonchev–Trinajstić information content (AvgIpc) is 2.21. The lowest BCUT2D eigenvalue weighted by atomic mass is 9.84. The van der Waals surface area contributed by atoms with E-state index in [1.54, 1.807) is 0 Å². The molecule has 1 aliphatic rings. The molecule has 1 rings (SSSR count). The molecule has 2 nitrogen and oxygen atoms in total. The molecule has 0 atom stereocenters. The molecule has 1 saturated carbocycles. The van der Waals surface area contributed by atoms with Gasteiger partial charge in [-0.05, 0) is 38.1 Å². The van der Waals surface area contributed by atoms with Gasteiger partial charge in [-0.3, -0.25) is 0 Å². The van der Waals surface area contributed by atoms with Crippen LogP contribution in [0.15, 0.2) is 0 Å². The number of nitrogens with zero attached hydrogens (tertiary/aromatic N) is 1. The molecule has 0 bridgehead atoms. The normalized spacial score (nSPS) is 18.2. The van der Waals surface area contributed by atoms with E-state index < -0.39 is 5.60 Å². The van der Waals surface area contributed by atoms with Crippen molar-refractivity contribution < 1.29 is 5.11 Å². The summed E-state index contributed by atoms with van der Waals surface area (Å²) in [5.74, 6) is 0.905. The van der Waals surface area contributed by atoms with Crippen LogP contribution >= 0.6 is 0 Å². The number of likely N-dealkylation sites (N-methyl/N-ethyl adjacent to an activating group) is 1. The van der Waals surface area contributed by atoms with Crippen molar-refractivity contribution in [2.45, 2.75) is 58.5 Å². The van der Waals surface area contributed by atoms with Crippen LogP contribution in [-0.4, -0.2) is 35.2 Å². The Balaban J connectivity index is 2.36. The van der Waals surface area contributed by atoms with Crippen LogP contribution in [0.3, 0.4) is 0 Å². The lowest BCUT2D eigenvalue weighted by Crippen LogP contribution is -2.44. The molecule has 0 aliphatic heterocycles. The zero-order chi connectivity index (χ0) is 11.3. The van der Waals surface area contributed by atoms with Crippen molar-refractivity contribution in [1.82, 2.24) is 4.90 Å². The Morgan fingerprint density at radius 1 is 1.20 bits per heavy atom. The Labute approximate surface area is 94.7 Å².